The Bertz CT molecular complexity index is 1410. The minimum absolute atomic E-state index is 0.0275. The molecule has 0 bridgehead atoms. The summed E-state index contributed by atoms with van der Waals surface area (Å²) >= 11 is 0. The van der Waals surface area contributed by atoms with Gasteiger partial charge in [0.25, 0.3) is 0 Å². The summed E-state index contributed by atoms with van der Waals surface area (Å²) in [6.45, 7) is 8.73. The summed E-state index contributed by atoms with van der Waals surface area (Å²) in [7, 11) is 0. The van der Waals surface area contributed by atoms with Gasteiger partial charge in [-0.2, -0.15) is 5.21 Å². The average Bonchev–Trinajstić information content (AvgIpc) is 3.46. The Morgan fingerprint density at radius 1 is 0.950 bits per heavy atom. The Hall–Kier alpha value is -4.34. The summed E-state index contributed by atoms with van der Waals surface area (Å²) in [5.74, 6) is -0.000198. The zero-order valence-electron chi connectivity index (χ0n) is 23.2. The Morgan fingerprint density at radius 3 is 2.33 bits per heavy atom. The fourth-order valence-electron chi connectivity index (χ4n) is 4.62. The van der Waals surface area contributed by atoms with Gasteiger partial charge in [-0.25, -0.2) is 9.18 Å². The molecule has 2 amide bonds. The van der Waals surface area contributed by atoms with Crippen LogP contribution in [0.4, 0.5) is 30.6 Å². The third kappa shape index (κ3) is 6.99. The van der Waals surface area contributed by atoms with E-state index in [2.05, 4.69) is 45.1 Å². The number of rotatable bonds is 11. The number of hydrogen-bond donors (Lipinski definition) is 3. The molecule has 0 saturated carbocycles. The summed E-state index contributed by atoms with van der Waals surface area (Å²) in [6.07, 6.45) is 0.393. The number of halogens is 2. The van der Waals surface area contributed by atoms with Crippen LogP contribution < -0.4 is 15.5 Å². The molecule has 0 fully saturated rings. The molecular formula is C30H35F2N7O. The van der Waals surface area contributed by atoms with Crippen LogP contribution in [0.15, 0.2) is 60.7 Å². The molecule has 0 aliphatic heterocycles. The molecule has 1 atom stereocenters. The first-order chi connectivity index (χ1) is 19.3. The van der Waals surface area contributed by atoms with Crippen LogP contribution in [0.3, 0.4) is 0 Å². The second kappa shape index (κ2) is 13.1. The van der Waals surface area contributed by atoms with Gasteiger partial charge in [0.15, 0.2) is 5.82 Å². The molecule has 210 valence electrons. The van der Waals surface area contributed by atoms with Gasteiger partial charge in [0.05, 0.1) is 12.4 Å². The van der Waals surface area contributed by atoms with Crippen molar-refractivity contribution in [2.75, 3.05) is 35.3 Å². The molecule has 0 aliphatic rings. The molecule has 3 aromatic carbocycles. The number of hydrogen-bond acceptors (Lipinski definition) is 5. The van der Waals surface area contributed by atoms with Gasteiger partial charge in [-0.15, -0.1) is 10.2 Å². The average molecular weight is 548 g/mol. The van der Waals surface area contributed by atoms with Crippen molar-refractivity contribution in [3.63, 3.8) is 0 Å². The van der Waals surface area contributed by atoms with Crippen LogP contribution in [-0.4, -0.2) is 46.4 Å². The van der Waals surface area contributed by atoms with Crippen LogP contribution >= 0.6 is 0 Å². The SMILES string of the molecule is Cc1ccc(NC(=O)Nc2c(N(CC(C)C)CC(C)CCF)ccc(-c3ccccc3-c3nn[nH]n3)c2F)cc1. The van der Waals surface area contributed by atoms with E-state index in [4.69, 9.17) is 0 Å². The molecule has 1 unspecified atom stereocenters. The fourth-order valence-corrected chi connectivity index (χ4v) is 4.62. The summed E-state index contributed by atoms with van der Waals surface area (Å²) in [4.78, 5) is 15.2. The lowest BCUT2D eigenvalue weighted by Gasteiger charge is -2.31. The zero-order chi connectivity index (χ0) is 28.6. The molecule has 40 heavy (non-hydrogen) atoms. The van der Waals surface area contributed by atoms with Crippen molar-refractivity contribution in [2.45, 2.75) is 34.1 Å². The number of carbonyl (C=O) groups excluding carboxylic acids is 1. The maximum absolute atomic E-state index is 16.6. The van der Waals surface area contributed by atoms with E-state index in [-0.39, 0.29) is 23.1 Å². The third-order valence-corrected chi connectivity index (χ3v) is 6.53. The lowest BCUT2D eigenvalue weighted by Crippen LogP contribution is -2.33. The molecule has 4 rings (SSSR count). The van der Waals surface area contributed by atoms with Gasteiger partial charge < -0.3 is 15.5 Å². The molecule has 0 radical (unpaired) electrons. The minimum atomic E-state index is -0.598. The number of aryl methyl sites for hydroxylation is 1. The van der Waals surface area contributed by atoms with Gasteiger partial charge in [0.2, 0.25) is 5.82 Å². The molecule has 1 heterocycles. The number of carbonyl (C=O) groups is 1. The highest BCUT2D eigenvalue weighted by molar-refractivity contribution is 6.03. The first-order valence-electron chi connectivity index (χ1n) is 13.4. The predicted octanol–water partition coefficient (Wildman–Crippen LogP) is 7.08. The molecule has 8 nitrogen and oxygen atoms in total. The van der Waals surface area contributed by atoms with Gasteiger partial charge >= 0.3 is 6.03 Å². The van der Waals surface area contributed by atoms with E-state index in [9.17, 15) is 9.18 Å². The lowest BCUT2D eigenvalue weighted by molar-refractivity contribution is 0.262. The number of alkyl halides is 1. The molecule has 1 aromatic heterocycles. The van der Waals surface area contributed by atoms with Crippen LogP contribution in [-0.2, 0) is 0 Å². The van der Waals surface area contributed by atoms with Crippen LogP contribution in [0.1, 0.15) is 32.8 Å². The van der Waals surface area contributed by atoms with Crippen molar-refractivity contribution in [2.24, 2.45) is 11.8 Å². The van der Waals surface area contributed by atoms with Gasteiger partial charge in [0.1, 0.15) is 5.69 Å². The van der Waals surface area contributed by atoms with Crippen molar-refractivity contribution >= 4 is 23.1 Å². The molecule has 0 spiro atoms. The zero-order valence-corrected chi connectivity index (χ0v) is 23.2. The predicted molar refractivity (Wildman–Crippen MR) is 156 cm³/mol. The standard InChI is InChI=1S/C30H35F2N7O/c1-19(2)17-39(18-21(4)15-16-31)26-14-13-24(23-7-5-6-8-25(23)29-35-37-38-36-29)27(32)28(26)34-30(40)33-22-11-9-20(3)10-12-22/h5-14,19,21H,15-18H2,1-4H3,(H2,33,34,40)(H,35,36,37,38). The number of anilines is 3. The Balaban J connectivity index is 1.79. The highest BCUT2D eigenvalue weighted by Gasteiger charge is 2.24. The molecular weight excluding hydrogens is 512 g/mol. The van der Waals surface area contributed by atoms with Gasteiger partial charge in [-0.1, -0.05) is 62.7 Å². The van der Waals surface area contributed by atoms with Crippen LogP contribution in [0, 0.1) is 24.6 Å². The van der Waals surface area contributed by atoms with Gasteiger partial charge in [-0.05, 0) is 60.2 Å². The first-order valence-corrected chi connectivity index (χ1v) is 13.4. The number of tetrazole rings is 1. The third-order valence-electron chi connectivity index (χ3n) is 6.53. The Labute approximate surface area is 233 Å². The highest BCUT2D eigenvalue weighted by atomic mass is 19.1. The normalized spacial score (nSPS) is 11.9. The molecule has 10 heteroatoms. The molecule has 4 aromatic rings. The van der Waals surface area contributed by atoms with Crippen molar-refractivity contribution in [3.05, 3.63) is 72.0 Å². The van der Waals surface area contributed by atoms with Crippen molar-refractivity contribution in [1.82, 2.24) is 20.6 Å². The highest BCUT2D eigenvalue weighted by Crippen LogP contribution is 2.39. The maximum atomic E-state index is 16.6. The molecule has 3 N–H and O–H groups in total. The van der Waals surface area contributed by atoms with E-state index in [0.717, 1.165) is 5.56 Å². The van der Waals surface area contributed by atoms with E-state index < -0.39 is 18.5 Å². The van der Waals surface area contributed by atoms with Crippen LogP contribution in [0.2, 0.25) is 0 Å². The number of benzene rings is 3. The number of nitrogens with zero attached hydrogens (tertiary/aromatic N) is 4. The monoisotopic (exact) mass is 547 g/mol. The van der Waals surface area contributed by atoms with E-state index >= 15 is 4.39 Å². The number of nitrogens with one attached hydrogen (secondary N) is 3. The first kappa shape index (κ1) is 28.7. The number of amides is 2. The fraction of sp³-hybridized carbons (Fsp3) is 0.333. The van der Waals surface area contributed by atoms with Crippen LogP contribution in [0.5, 0.6) is 0 Å². The molecule has 0 aliphatic carbocycles. The summed E-state index contributed by atoms with van der Waals surface area (Å²) in [6, 6.07) is 17.4. The minimum Gasteiger partial charge on any atom is -0.369 e. The number of H-pyrrole nitrogens is 1. The quantitative estimate of drug-likeness (QED) is 0.186. The maximum Gasteiger partial charge on any atom is 0.323 e. The van der Waals surface area contributed by atoms with E-state index in [1.165, 1.54) is 0 Å². The lowest BCUT2D eigenvalue weighted by atomic mass is 9.97. The second-order valence-corrected chi connectivity index (χ2v) is 10.4. The van der Waals surface area contributed by atoms with E-state index in [0.29, 0.717) is 47.8 Å². The number of aromatic nitrogens is 4. The summed E-state index contributed by atoms with van der Waals surface area (Å²) in [5.41, 5.74) is 3.62. The smallest absolute Gasteiger partial charge is 0.323 e. The largest absolute Gasteiger partial charge is 0.369 e. The van der Waals surface area contributed by atoms with Gasteiger partial charge in [0, 0.05) is 29.9 Å². The van der Waals surface area contributed by atoms with E-state index in [1.807, 2.05) is 36.9 Å². The van der Waals surface area contributed by atoms with Gasteiger partial charge in [-0.3, -0.25) is 4.39 Å². The Kier molecular flexibility index (Phi) is 9.42. The van der Waals surface area contributed by atoms with Crippen molar-refractivity contribution in [1.29, 1.82) is 0 Å². The van der Waals surface area contributed by atoms with E-state index in [1.54, 1.807) is 42.5 Å². The molecule has 0 saturated heterocycles. The summed E-state index contributed by atoms with van der Waals surface area (Å²) < 4.78 is 29.7. The topological polar surface area (TPSA) is 98.8 Å². The Morgan fingerprint density at radius 2 is 1.68 bits per heavy atom. The summed E-state index contributed by atoms with van der Waals surface area (Å²) in [5, 5.41) is 19.8. The van der Waals surface area contributed by atoms with Crippen molar-refractivity contribution in [3.8, 4) is 22.5 Å². The number of aromatic amines is 1. The van der Waals surface area contributed by atoms with Crippen LogP contribution in [0.25, 0.3) is 22.5 Å². The second-order valence-electron chi connectivity index (χ2n) is 10.4. The number of urea groups is 1. The van der Waals surface area contributed by atoms with Crippen molar-refractivity contribution < 1.29 is 13.6 Å².